The Hall–Kier alpha value is -2.14. The number of hydrogen-bond acceptors (Lipinski definition) is 4. The van der Waals surface area contributed by atoms with E-state index in [0.29, 0.717) is 5.56 Å². The van der Waals surface area contributed by atoms with Crippen molar-refractivity contribution >= 4 is 23.2 Å². The number of amides is 1. The number of aryl methyl sites for hydroxylation is 2. The summed E-state index contributed by atoms with van der Waals surface area (Å²) in [5.74, 6) is -0.668. The first-order valence-corrected chi connectivity index (χ1v) is 8.17. The Bertz CT molecular complexity index is 704. The zero-order chi connectivity index (χ0) is 17.2. The predicted octanol–water partition coefficient (Wildman–Crippen LogP) is 3.53. The van der Waals surface area contributed by atoms with Crippen LogP contribution in [0.2, 0.25) is 0 Å². The first kappa shape index (κ1) is 17.2. The minimum absolute atomic E-state index is 0.210. The molecule has 2 rings (SSSR count). The highest BCUT2D eigenvalue weighted by Crippen LogP contribution is 2.33. The van der Waals surface area contributed by atoms with Crippen molar-refractivity contribution < 1.29 is 14.3 Å². The standard InChI is InChI=1S/C18H21NO3S/c1-12-9-13(2)11-14(10-12)16(20)19(4)18(3,17(21)22-5)15-7-6-8-23-15/h6-11H,1-5H3/t18-/m1/s1. The normalized spacial score (nSPS) is 13.3. The van der Waals surface area contributed by atoms with Crippen molar-refractivity contribution in [1.82, 2.24) is 4.90 Å². The highest BCUT2D eigenvalue weighted by atomic mass is 32.1. The second-order valence-electron chi connectivity index (χ2n) is 5.78. The zero-order valence-electron chi connectivity index (χ0n) is 14.0. The monoisotopic (exact) mass is 331 g/mol. The summed E-state index contributed by atoms with van der Waals surface area (Å²) in [5, 5.41) is 1.88. The molecule has 1 atom stereocenters. The lowest BCUT2D eigenvalue weighted by atomic mass is 9.96. The lowest BCUT2D eigenvalue weighted by Gasteiger charge is -2.35. The number of hydrogen-bond donors (Lipinski definition) is 0. The van der Waals surface area contributed by atoms with Crippen LogP contribution >= 0.6 is 11.3 Å². The van der Waals surface area contributed by atoms with Crippen LogP contribution in [0.15, 0.2) is 35.7 Å². The van der Waals surface area contributed by atoms with Gasteiger partial charge in [0.25, 0.3) is 5.91 Å². The molecule has 2 aromatic rings. The van der Waals surface area contributed by atoms with Gasteiger partial charge in [-0.05, 0) is 44.4 Å². The van der Waals surface area contributed by atoms with Gasteiger partial charge in [-0.15, -0.1) is 11.3 Å². The minimum Gasteiger partial charge on any atom is -0.467 e. The highest BCUT2D eigenvalue weighted by molar-refractivity contribution is 7.10. The molecule has 1 amide bonds. The number of likely N-dealkylation sites (N-methyl/N-ethyl adjacent to an activating group) is 1. The van der Waals surface area contributed by atoms with Crippen LogP contribution in [0.25, 0.3) is 0 Å². The molecule has 122 valence electrons. The maximum Gasteiger partial charge on any atom is 0.337 e. The zero-order valence-corrected chi connectivity index (χ0v) is 14.9. The largest absolute Gasteiger partial charge is 0.467 e. The lowest BCUT2D eigenvalue weighted by molar-refractivity contribution is -0.152. The van der Waals surface area contributed by atoms with Crippen molar-refractivity contribution in [3.8, 4) is 0 Å². The molecule has 0 saturated carbocycles. The van der Waals surface area contributed by atoms with Gasteiger partial charge in [-0.25, -0.2) is 4.79 Å². The molecule has 0 aliphatic rings. The van der Waals surface area contributed by atoms with Crippen molar-refractivity contribution in [3.63, 3.8) is 0 Å². The molecule has 1 aromatic carbocycles. The van der Waals surface area contributed by atoms with Gasteiger partial charge in [0.2, 0.25) is 0 Å². The smallest absolute Gasteiger partial charge is 0.337 e. The van der Waals surface area contributed by atoms with E-state index in [1.54, 1.807) is 14.0 Å². The van der Waals surface area contributed by atoms with Gasteiger partial charge in [0.15, 0.2) is 5.54 Å². The topological polar surface area (TPSA) is 46.6 Å². The number of esters is 1. The van der Waals surface area contributed by atoms with Crippen molar-refractivity contribution in [2.24, 2.45) is 0 Å². The van der Waals surface area contributed by atoms with E-state index in [2.05, 4.69) is 0 Å². The molecule has 0 aliphatic heterocycles. The molecular weight excluding hydrogens is 310 g/mol. The summed E-state index contributed by atoms with van der Waals surface area (Å²) in [4.78, 5) is 27.6. The molecule has 1 heterocycles. The van der Waals surface area contributed by atoms with Crippen LogP contribution in [0.3, 0.4) is 0 Å². The number of carbonyl (C=O) groups is 2. The predicted molar refractivity (Wildman–Crippen MR) is 91.7 cm³/mol. The van der Waals surface area contributed by atoms with Gasteiger partial charge >= 0.3 is 5.97 Å². The Morgan fingerprint density at radius 3 is 2.26 bits per heavy atom. The van der Waals surface area contributed by atoms with Gasteiger partial charge in [0.1, 0.15) is 0 Å². The molecule has 0 bridgehead atoms. The number of carbonyl (C=O) groups excluding carboxylic acids is 2. The van der Waals surface area contributed by atoms with Gasteiger partial charge in [-0.3, -0.25) is 4.79 Å². The Labute approximate surface area is 140 Å². The number of rotatable bonds is 4. The third-order valence-corrected chi connectivity index (χ3v) is 5.11. The molecule has 5 heteroatoms. The Morgan fingerprint density at radius 2 is 1.78 bits per heavy atom. The van der Waals surface area contributed by atoms with E-state index in [0.717, 1.165) is 16.0 Å². The molecule has 0 radical (unpaired) electrons. The van der Waals surface area contributed by atoms with E-state index in [1.807, 2.05) is 49.6 Å². The van der Waals surface area contributed by atoms with Crippen LogP contribution in [0.1, 0.15) is 33.3 Å². The fourth-order valence-corrected chi connectivity index (χ4v) is 3.56. The Morgan fingerprint density at radius 1 is 1.17 bits per heavy atom. The minimum atomic E-state index is -1.16. The number of thiophene rings is 1. The number of ether oxygens (including phenoxy) is 1. The molecule has 0 N–H and O–H groups in total. The average Bonchev–Trinajstić information content (AvgIpc) is 3.05. The third kappa shape index (κ3) is 3.15. The molecule has 23 heavy (non-hydrogen) atoms. The maximum absolute atomic E-state index is 12.9. The molecule has 0 saturated heterocycles. The van der Waals surface area contributed by atoms with E-state index >= 15 is 0 Å². The summed E-state index contributed by atoms with van der Waals surface area (Å²) >= 11 is 1.43. The van der Waals surface area contributed by atoms with Gasteiger partial charge in [-0.2, -0.15) is 0 Å². The van der Waals surface area contributed by atoms with Gasteiger partial charge in [0.05, 0.1) is 7.11 Å². The van der Waals surface area contributed by atoms with Crippen molar-refractivity contribution in [2.45, 2.75) is 26.3 Å². The van der Waals surface area contributed by atoms with Gasteiger partial charge < -0.3 is 9.64 Å². The Balaban J connectivity index is 2.47. The summed E-state index contributed by atoms with van der Waals surface area (Å²) < 4.78 is 4.97. The number of methoxy groups -OCH3 is 1. The third-order valence-electron chi connectivity index (χ3n) is 4.03. The summed E-state index contributed by atoms with van der Waals surface area (Å²) in [5.41, 5.74) is 1.43. The van der Waals surface area contributed by atoms with Crippen molar-refractivity contribution in [1.29, 1.82) is 0 Å². The Kier molecular flexibility index (Phi) is 4.90. The van der Waals surface area contributed by atoms with Crippen LogP contribution in [-0.4, -0.2) is 30.9 Å². The van der Waals surface area contributed by atoms with Crippen molar-refractivity contribution in [3.05, 3.63) is 57.3 Å². The molecule has 0 fully saturated rings. The van der Waals surface area contributed by atoms with Gasteiger partial charge in [0, 0.05) is 17.5 Å². The fraction of sp³-hybridized carbons (Fsp3) is 0.333. The van der Waals surface area contributed by atoms with Gasteiger partial charge in [-0.1, -0.05) is 23.3 Å². The second kappa shape index (κ2) is 6.54. The first-order chi connectivity index (χ1) is 10.8. The van der Waals surface area contributed by atoms with Crippen LogP contribution in [0, 0.1) is 13.8 Å². The summed E-state index contributed by atoms with van der Waals surface area (Å²) in [6.45, 7) is 5.61. The summed E-state index contributed by atoms with van der Waals surface area (Å²) in [6.07, 6.45) is 0. The van der Waals surface area contributed by atoms with Crippen LogP contribution in [0.5, 0.6) is 0 Å². The maximum atomic E-state index is 12.9. The van der Waals surface area contributed by atoms with E-state index in [9.17, 15) is 9.59 Å². The van der Waals surface area contributed by atoms with Crippen molar-refractivity contribution in [2.75, 3.05) is 14.2 Å². The van der Waals surface area contributed by atoms with Crippen LogP contribution < -0.4 is 0 Å². The number of nitrogens with zero attached hydrogens (tertiary/aromatic N) is 1. The SMILES string of the molecule is COC(=O)[C@@](C)(c1cccs1)N(C)C(=O)c1cc(C)cc(C)c1. The fourth-order valence-electron chi connectivity index (χ4n) is 2.65. The van der Waals surface area contributed by atoms with E-state index < -0.39 is 11.5 Å². The molecule has 1 aromatic heterocycles. The molecular formula is C18H21NO3S. The molecule has 0 spiro atoms. The lowest BCUT2D eigenvalue weighted by Crippen LogP contribution is -2.50. The number of benzene rings is 1. The highest BCUT2D eigenvalue weighted by Gasteiger charge is 2.44. The van der Waals surface area contributed by atoms with E-state index in [-0.39, 0.29) is 5.91 Å². The van der Waals surface area contributed by atoms with Crippen LogP contribution in [0.4, 0.5) is 0 Å². The summed E-state index contributed by atoms with van der Waals surface area (Å²) in [7, 11) is 2.97. The van der Waals surface area contributed by atoms with E-state index in [4.69, 9.17) is 4.74 Å². The molecule has 4 nitrogen and oxygen atoms in total. The van der Waals surface area contributed by atoms with Crippen LogP contribution in [-0.2, 0) is 15.1 Å². The second-order valence-corrected chi connectivity index (χ2v) is 6.73. The summed E-state index contributed by atoms with van der Waals surface area (Å²) in [6, 6.07) is 9.37. The van der Waals surface area contributed by atoms with E-state index in [1.165, 1.54) is 23.3 Å². The molecule has 0 unspecified atom stereocenters. The average molecular weight is 331 g/mol. The quantitative estimate of drug-likeness (QED) is 0.805. The molecule has 0 aliphatic carbocycles. The first-order valence-electron chi connectivity index (χ1n) is 7.29.